The number of halogens is 1. The first-order valence-corrected chi connectivity index (χ1v) is 8.50. The molecular weight excluding hydrogens is 379 g/mol. The van der Waals surface area contributed by atoms with Gasteiger partial charge in [-0.2, -0.15) is 0 Å². The van der Waals surface area contributed by atoms with E-state index in [2.05, 4.69) is 9.97 Å². The molecule has 1 heterocycles. The molecule has 0 spiro atoms. The number of aromatic nitrogens is 2. The lowest BCUT2D eigenvalue weighted by Crippen LogP contribution is -2.04. The molecule has 0 aliphatic carbocycles. The smallest absolute Gasteiger partial charge is 0.339 e. The van der Waals surface area contributed by atoms with Gasteiger partial charge < -0.3 is 19.3 Å². The van der Waals surface area contributed by atoms with Crippen molar-refractivity contribution in [3.05, 3.63) is 84.3 Å². The first-order chi connectivity index (χ1) is 14.1. The second-order valence-corrected chi connectivity index (χ2v) is 5.74. The predicted octanol–water partition coefficient (Wildman–Crippen LogP) is 4.06. The summed E-state index contributed by atoms with van der Waals surface area (Å²) in [5.41, 5.74) is 0.714. The number of ether oxygens (including phenoxy) is 3. The lowest BCUT2D eigenvalue weighted by atomic mass is 10.1. The number of carboxylic acids is 1. The van der Waals surface area contributed by atoms with Crippen LogP contribution in [0.5, 0.6) is 17.4 Å². The third kappa shape index (κ3) is 5.07. The minimum absolute atomic E-state index is 0.00537. The van der Waals surface area contributed by atoms with Crippen molar-refractivity contribution in [3.8, 4) is 17.4 Å². The van der Waals surface area contributed by atoms with Gasteiger partial charge in [-0.3, -0.25) is 0 Å². The third-order valence-electron chi connectivity index (χ3n) is 3.77. The zero-order valence-corrected chi connectivity index (χ0v) is 15.4. The summed E-state index contributed by atoms with van der Waals surface area (Å²) in [6, 6.07) is 14.2. The minimum Gasteiger partial charge on any atom is -0.503 e. The maximum Gasteiger partial charge on any atom is 0.339 e. The van der Waals surface area contributed by atoms with E-state index in [0.717, 1.165) is 6.26 Å². The summed E-state index contributed by atoms with van der Waals surface area (Å²) in [5.74, 6) is -1.07. The summed E-state index contributed by atoms with van der Waals surface area (Å²) in [6.07, 6.45) is 2.40. The van der Waals surface area contributed by atoms with Gasteiger partial charge in [-0.05, 0) is 18.2 Å². The highest BCUT2D eigenvalue weighted by molar-refractivity contribution is 6.15. The number of carboxylic acid groups (broad SMARTS) is 1. The van der Waals surface area contributed by atoms with Crippen LogP contribution in [-0.4, -0.2) is 28.2 Å². The fraction of sp³-hybridized carbons (Fsp3) is 0.0952. The quantitative estimate of drug-likeness (QED) is 0.453. The Labute approximate surface area is 166 Å². The molecule has 0 saturated heterocycles. The lowest BCUT2D eigenvalue weighted by Gasteiger charge is -2.12. The molecule has 0 aliphatic heterocycles. The molecule has 0 saturated carbocycles. The Morgan fingerprint density at radius 2 is 1.83 bits per heavy atom. The first-order valence-electron chi connectivity index (χ1n) is 8.50. The average molecular weight is 396 g/mol. The molecule has 1 N–H and O–H groups in total. The molecule has 0 bridgehead atoms. The van der Waals surface area contributed by atoms with Gasteiger partial charge in [0.05, 0.1) is 19.1 Å². The molecule has 2 aromatic carbocycles. The summed E-state index contributed by atoms with van der Waals surface area (Å²) < 4.78 is 29.7. The van der Waals surface area contributed by atoms with Crippen molar-refractivity contribution in [1.29, 1.82) is 0 Å². The Morgan fingerprint density at radius 1 is 1.10 bits per heavy atom. The summed E-state index contributed by atoms with van der Waals surface area (Å²) in [5, 5.41) is 9.42. The highest BCUT2D eigenvalue weighted by atomic mass is 19.1. The van der Waals surface area contributed by atoms with E-state index in [0.29, 0.717) is 11.3 Å². The molecular formula is C21H17FN2O5. The van der Waals surface area contributed by atoms with E-state index in [1.54, 1.807) is 36.4 Å². The average Bonchev–Trinajstić information content (AvgIpc) is 2.72. The summed E-state index contributed by atoms with van der Waals surface area (Å²) in [4.78, 5) is 19.6. The number of rotatable bonds is 8. The predicted molar refractivity (Wildman–Crippen MR) is 102 cm³/mol. The fourth-order valence-corrected chi connectivity index (χ4v) is 2.46. The molecule has 7 nitrogen and oxygen atoms in total. The second kappa shape index (κ2) is 9.32. The molecule has 0 unspecified atom stereocenters. The number of carbonyl (C=O) groups is 1. The van der Waals surface area contributed by atoms with Gasteiger partial charge in [-0.1, -0.05) is 30.3 Å². The van der Waals surface area contributed by atoms with Crippen molar-refractivity contribution in [2.45, 2.75) is 6.61 Å². The highest BCUT2D eigenvalue weighted by Crippen LogP contribution is 2.30. The third-order valence-corrected chi connectivity index (χ3v) is 3.77. The van der Waals surface area contributed by atoms with Gasteiger partial charge in [0.2, 0.25) is 5.88 Å². The maximum atomic E-state index is 13.7. The highest BCUT2D eigenvalue weighted by Gasteiger charge is 2.17. The van der Waals surface area contributed by atoms with Crippen LogP contribution in [0.2, 0.25) is 0 Å². The molecule has 0 radical (unpaired) electrons. The van der Waals surface area contributed by atoms with Gasteiger partial charge in [0, 0.05) is 11.6 Å². The second-order valence-electron chi connectivity index (χ2n) is 5.74. The van der Waals surface area contributed by atoms with Crippen LogP contribution in [0.4, 0.5) is 4.39 Å². The van der Waals surface area contributed by atoms with Crippen molar-refractivity contribution in [3.63, 3.8) is 0 Å². The standard InChI is InChI=1S/C21H17FN2O5/c1-27-12-16(21(25)26)15-6-2-4-8-18(15)29-20-10-14(23-13-24-20)11-28-19-9-5-3-7-17(19)22/h2-10,12-13H,11H2,1H3,(H,25,26)/b16-12+. The van der Waals surface area contributed by atoms with Crippen LogP contribution in [0.25, 0.3) is 5.57 Å². The monoisotopic (exact) mass is 396 g/mol. The molecule has 0 amide bonds. The largest absolute Gasteiger partial charge is 0.503 e. The number of aliphatic carboxylic acids is 1. The Kier molecular flexibility index (Phi) is 6.36. The van der Waals surface area contributed by atoms with Crippen molar-refractivity contribution in [2.75, 3.05) is 7.11 Å². The van der Waals surface area contributed by atoms with Crippen LogP contribution in [0.3, 0.4) is 0 Å². The van der Waals surface area contributed by atoms with Crippen molar-refractivity contribution in [2.24, 2.45) is 0 Å². The van der Waals surface area contributed by atoms with Gasteiger partial charge in [-0.25, -0.2) is 19.2 Å². The van der Waals surface area contributed by atoms with Crippen molar-refractivity contribution < 1.29 is 28.5 Å². The first kappa shape index (κ1) is 19.8. The minimum atomic E-state index is -1.16. The molecule has 29 heavy (non-hydrogen) atoms. The number of hydrogen-bond acceptors (Lipinski definition) is 6. The van der Waals surface area contributed by atoms with Crippen LogP contribution in [0.15, 0.2) is 67.2 Å². The van der Waals surface area contributed by atoms with Gasteiger partial charge in [0.1, 0.15) is 24.3 Å². The SMILES string of the molecule is CO/C=C(/C(=O)O)c1ccccc1Oc1cc(COc2ccccc2F)ncn1. The van der Waals surface area contributed by atoms with Crippen molar-refractivity contribution >= 4 is 11.5 Å². The Balaban J connectivity index is 1.80. The molecule has 0 aliphatic rings. The zero-order valence-electron chi connectivity index (χ0n) is 15.4. The van der Waals surface area contributed by atoms with Crippen LogP contribution in [0.1, 0.15) is 11.3 Å². The van der Waals surface area contributed by atoms with Crippen molar-refractivity contribution in [1.82, 2.24) is 9.97 Å². The molecule has 148 valence electrons. The number of nitrogens with zero attached hydrogens (tertiary/aromatic N) is 2. The molecule has 3 aromatic rings. The summed E-state index contributed by atoms with van der Waals surface area (Å²) in [6.45, 7) is 0.00537. The summed E-state index contributed by atoms with van der Waals surface area (Å²) >= 11 is 0. The van der Waals surface area contributed by atoms with E-state index in [4.69, 9.17) is 14.2 Å². The molecule has 3 rings (SSSR count). The molecule has 0 fully saturated rings. The van der Waals surface area contributed by atoms with Gasteiger partial charge in [-0.15, -0.1) is 0 Å². The van der Waals surface area contributed by atoms with Gasteiger partial charge in [0.25, 0.3) is 0 Å². The van der Waals surface area contributed by atoms with Gasteiger partial charge >= 0.3 is 5.97 Å². The van der Waals surface area contributed by atoms with E-state index in [9.17, 15) is 14.3 Å². The van der Waals surface area contributed by atoms with E-state index in [-0.39, 0.29) is 29.6 Å². The van der Waals surface area contributed by atoms with E-state index in [1.165, 1.54) is 31.6 Å². The van der Waals surface area contributed by atoms with E-state index in [1.807, 2.05) is 0 Å². The summed E-state index contributed by atoms with van der Waals surface area (Å²) in [7, 11) is 1.36. The molecule has 8 heteroatoms. The van der Waals surface area contributed by atoms with Crippen LogP contribution >= 0.6 is 0 Å². The number of para-hydroxylation sites is 2. The Bertz CT molecular complexity index is 1040. The Morgan fingerprint density at radius 3 is 2.55 bits per heavy atom. The molecule has 0 atom stereocenters. The van der Waals surface area contributed by atoms with Crippen LogP contribution < -0.4 is 9.47 Å². The number of hydrogen-bond donors (Lipinski definition) is 1. The van der Waals surface area contributed by atoms with Crippen LogP contribution in [0, 0.1) is 5.82 Å². The number of methoxy groups -OCH3 is 1. The van der Waals surface area contributed by atoms with Crippen LogP contribution in [-0.2, 0) is 16.1 Å². The van der Waals surface area contributed by atoms with E-state index >= 15 is 0 Å². The Hall–Kier alpha value is -3.94. The zero-order chi connectivity index (χ0) is 20.6. The normalized spacial score (nSPS) is 11.0. The fourth-order valence-electron chi connectivity index (χ4n) is 2.46. The lowest BCUT2D eigenvalue weighted by molar-refractivity contribution is -0.130. The molecule has 1 aromatic heterocycles. The topological polar surface area (TPSA) is 90.8 Å². The maximum absolute atomic E-state index is 13.7. The number of benzene rings is 2. The van der Waals surface area contributed by atoms with E-state index < -0.39 is 11.8 Å². The van der Waals surface area contributed by atoms with Gasteiger partial charge in [0.15, 0.2) is 11.6 Å².